The lowest BCUT2D eigenvalue weighted by atomic mass is 10.2. The maximum atomic E-state index is 12.3. The van der Waals surface area contributed by atoms with E-state index in [4.69, 9.17) is 4.74 Å². The summed E-state index contributed by atoms with van der Waals surface area (Å²) in [5.41, 5.74) is 1.11. The molecule has 1 aromatic carbocycles. The minimum Gasteiger partial charge on any atom is -0.484 e. The molecular weight excluding hydrogens is 292 g/mol. The van der Waals surface area contributed by atoms with Gasteiger partial charge in [-0.1, -0.05) is 19.1 Å². The van der Waals surface area contributed by atoms with Crippen LogP contribution in [0.5, 0.6) is 5.75 Å². The van der Waals surface area contributed by atoms with Crippen LogP contribution in [0.3, 0.4) is 0 Å². The van der Waals surface area contributed by atoms with E-state index in [0.717, 1.165) is 24.9 Å². The quantitative estimate of drug-likeness (QED) is 0.836. The number of rotatable bonds is 5. The molecule has 2 amide bonds. The zero-order chi connectivity index (χ0) is 16.7. The smallest absolute Gasteiger partial charge is 0.260 e. The van der Waals surface area contributed by atoms with Gasteiger partial charge in [0.05, 0.1) is 0 Å². The zero-order valence-corrected chi connectivity index (χ0v) is 14.1. The first-order chi connectivity index (χ1) is 11.1. The first kappa shape index (κ1) is 17.3. The summed E-state index contributed by atoms with van der Waals surface area (Å²) in [6.45, 7) is 6.68. The lowest BCUT2D eigenvalue weighted by Crippen LogP contribution is -2.39. The van der Waals surface area contributed by atoms with E-state index in [0.29, 0.717) is 31.8 Å². The number of hydrogen-bond acceptors (Lipinski definition) is 3. The van der Waals surface area contributed by atoms with E-state index in [-0.39, 0.29) is 18.4 Å². The Hall–Kier alpha value is -2.04. The van der Waals surface area contributed by atoms with Gasteiger partial charge in [-0.15, -0.1) is 0 Å². The zero-order valence-electron chi connectivity index (χ0n) is 14.1. The van der Waals surface area contributed by atoms with Gasteiger partial charge in [0.15, 0.2) is 6.61 Å². The van der Waals surface area contributed by atoms with Gasteiger partial charge in [-0.2, -0.15) is 0 Å². The normalized spacial score (nSPS) is 15.2. The van der Waals surface area contributed by atoms with Crippen molar-refractivity contribution in [1.82, 2.24) is 9.80 Å². The van der Waals surface area contributed by atoms with Crippen LogP contribution in [-0.2, 0) is 9.59 Å². The Balaban J connectivity index is 1.82. The number of amides is 2. The highest BCUT2D eigenvalue weighted by atomic mass is 16.5. The first-order valence-corrected chi connectivity index (χ1v) is 8.35. The molecule has 0 spiro atoms. The monoisotopic (exact) mass is 318 g/mol. The Labute approximate surface area is 138 Å². The molecular formula is C18H26N2O3. The van der Waals surface area contributed by atoms with E-state index in [1.165, 1.54) is 0 Å². The van der Waals surface area contributed by atoms with Gasteiger partial charge in [-0.3, -0.25) is 9.59 Å². The molecule has 0 radical (unpaired) electrons. The lowest BCUT2D eigenvalue weighted by molar-refractivity contribution is -0.134. The number of carbonyl (C=O) groups is 2. The Morgan fingerprint density at radius 2 is 1.78 bits per heavy atom. The summed E-state index contributed by atoms with van der Waals surface area (Å²) in [6, 6.07) is 7.68. The fraction of sp³-hybridized carbons (Fsp3) is 0.556. The Kier molecular flexibility index (Phi) is 6.44. The van der Waals surface area contributed by atoms with Crippen molar-refractivity contribution in [2.45, 2.75) is 33.1 Å². The van der Waals surface area contributed by atoms with Gasteiger partial charge in [0.2, 0.25) is 5.91 Å². The summed E-state index contributed by atoms with van der Waals surface area (Å²) in [6.07, 6.45) is 2.28. The average Bonchev–Trinajstić information content (AvgIpc) is 2.79. The van der Waals surface area contributed by atoms with Gasteiger partial charge < -0.3 is 14.5 Å². The van der Waals surface area contributed by atoms with Gasteiger partial charge in [0, 0.05) is 32.6 Å². The van der Waals surface area contributed by atoms with Crippen LogP contribution in [-0.4, -0.2) is 54.4 Å². The third-order valence-electron chi connectivity index (χ3n) is 4.02. The molecule has 1 aromatic rings. The molecule has 0 N–H and O–H groups in total. The molecule has 1 aliphatic heterocycles. The summed E-state index contributed by atoms with van der Waals surface area (Å²) in [5, 5.41) is 0. The number of hydrogen-bond donors (Lipinski definition) is 0. The molecule has 1 saturated heterocycles. The molecule has 5 heteroatoms. The maximum absolute atomic E-state index is 12.3. The maximum Gasteiger partial charge on any atom is 0.260 e. The number of carbonyl (C=O) groups excluding carboxylic acids is 2. The van der Waals surface area contributed by atoms with Crippen molar-refractivity contribution in [3.8, 4) is 5.75 Å². The van der Waals surface area contributed by atoms with Crippen LogP contribution in [0.4, 0.5) is 0 Å². The minimum atomic E-state index is -0.0173. The number of benzene rings is 1. The fourth-order valence-corrected chi connectivity index (χ4v) is 2.73. The Morgan fingerprint density at radius 3 is 2.43 bits per heavy atom. The summed E-state index contributed by atoms with van der Waals surface area (Å²) < 4.78 is 5.58. The largest absolute Gasteiger partial charge is 0.484 e. The second-order valence-corrected chi connectivity index (χ2v) is 5.97. The first-order valence-electron chi connectivity index (χ1n) is 8.35. The molecule has 1 fully saturated rings. The third kappa shape index (κ3) is 5.27. The standard InChI is InChI=1S/C18H26N2O3/c1-3-6-17(21)19-9-5-10-20(12-11-19)18(22)14-23-16-8-4-7-15(2)13-16/h4,7-8,13H,3,5-6,9-12,14H2,1-2H3. The Bertz CT molecular complexity index is 545. The molecule has 2 rings (SSSR count). The second kappa shape index (κ2) is 8.56. The molecule has 23 heavy (non-hydrogen) atoms. The van der Waals surface area contributed by atoms with Crippen molar-refractivity contribution in [3.63, 3.8) is 0 Å². The fourth-order valence-electron chi connectivity index (χ4n) is 2.73. The molecule has 0 bridgehead atoms. The van der Waals surface area contributed by atoms with E-state index >= 15 is 0 Å². The number of nitrogens with zero attached hydrogens (tertiary/aromatic N) is 2. The number of aryl methyl sites for hydroxylation is 1. The summed E-state index contributed by atoms with van der Waals surface area (Å²) >= 11 is 0. The minimum absolute atomic E-state index is 0.0173. The van der Waals surface area contributed by atoms with Crippen LogP contribution in [0.1, 0.15) is 31.7 Å². The topological polar surface area (TPSA) is 49.9 Å². The van der Waals surface area contributed by atoms with E-state index in [1.807, 2.05) is 43.0 Å². The van der Waals surface area contributed by atoms with Crippen molar-refractivity contribution in [2.24, 2.45) is 0 Å². The van der Waals surface area contributed by atoms with Crippen molar-refractivity contribution in [1.29, 1.82) is 0 Å². The molecule has 1 heterocycles. The Morgan fingerprint density at radius 1 is 1.09 bits per heavy atom. The molecule has 0 unspecified atom stereocenters. The van der Waals surface area contributed by atoms with Gasteiger partial charge in [0.1, 0.15) is 5.75 Å². The van der Waals surface area contributed by atoms with E-state index in [9.17, 15) is 9.59 Å². The van der Waals surface area contributed by atoms with Crippen LogP contribution in [0.2, 0.25) is 0 Å². The van der Waals surface area contributed by atoms with E-state index in [2.05, 4.69) is 0 Å². The molecule has 1 aliphatic rings. The van der Waals surface area contributed by atoms with E-state index in [1.54, 1.807) is 4.90 Å². The summed E-state index contributed by atoms with van der Waals surface area (Å²) in [7, 11) is 0. The molecule has 0 aromatic heterocycles. The number of ether oxygens (including phenoxy) is 1. The van der Waals surface area contributed by atoms with Crippen LogP contribution in [0.15, 0.2) is 24.3 Å². The molecule has 0 saturated carbocycles. The van der Waals surface area contributed by atoms with Crippen LogP contribution in [0.25, 0.3) is 0 Å². The highest BCUT2D eigenvalue weighted by Crippen LogP contribution is 2.13. The molecule has 5 nitrogen and oxygen atoms in total. The third-order valence-corrected chi connectivity index (χ3v) is 4.02. The van der Waals surface area contributed by atoms with Crippen molar-refractivity contribution in [2.75, 3.05) is 32.8 Å². The summed E-state index contributed by atoms with van der Waals surface area (Å²) in [5.74, 6) is 0.891. The van der Waals surface area contributed by atoms with Gasteiger partial charge in [-0.05, 0) is 37.5 Å². The SMILES string of the molecule is CCCC(=O)N1CCCN(C(=O)COc2cccc(C)c2)CC1. The van der Waals surface area contributed by atoms with Crippen molar-refractivity contribution < 1.29 is 14.3 Å². The van der Waals surface area contributed by atoms with Gasteiger partial charge >= 0.3 is 0 Å². The van der Waals surface area contributed by atoms with Crippen molar-refractivity contribution >= 4 is 11.8 Å². The molecule has 0 atom stereocenters. The summed E-state index contributed by atoms with van der Waals surface area (Å²) in [4.78, 5) is 28.0. The average molecular weight is 318 g/mol. The predicted octanol–water partition coefficient (Wildman–Crippen LogP) is 2.23. The second-order valence-electron chi connectivity index (χ2n) is 5.97. The van der Waals surface area contributed by atoms with E-state index < -0.39 is 0 Å². The van der Waals surface area contributed by atoms with Crippen molar-refractivity contribution in [3.05, 3.63) is 29.8 Å². The molecule has 126 valence electrons. The van der Waals surface area contributed by atoms with Crippen LogP contribution < -0.4 is 4.74 Å². The molecule has 0 aliphatic carbocycles. The predicted molar refractivity (Wildman–Crippen MR) is 89.4 cm³/mol. The highest BCUT2D eigenvalue weighted by Gasteiger charge is 2.21. The lowest BCUT2D eigenvalue weighted by Gasteiger charge is -2.22. The highest BCUT2D eigenvalue weighted by molar-refractivity contribution is 5.78. The van der Waals surface area contributed by atoms with Gasteiger partial charge in [0.25, 0.3) is 5.91 Å². The van der Waals surface area contributed by atoms with Crippen LogP contribution >= 0.6 is 0 Å². The van der Waals surface area contributed by atoms with Gasteiger partial charge in [-0.25, -0.2) is 0 Å². The van der Waals surface area contributed by atoms with Crippen LogP contribution in [0, 0.1) is 6.92 Å².